The summed E-state index contributed by atoms with van der Waals surface area (Å²) >= 11 is 0. The summed E-state index contributed by atoms with van der Waals surface area (Å²) in [5.41, 5.74) is 6.79. The third-order valence-corrected chi connectivity index (χ3v) is 2.78. The van der Waals surface area contributed by atoms with Gasteiger partial charge < -0.3 is 5.73 Å². The van der Waals surface area contributed by atoms with E-state index in [1.165, 1.54) is 0 Å². The number of nitrogens with two attached hydrogens (primary N) is 1. The fourth-order valence-electron chi connectivity index (χ4n) is 1.91. The molecule has 2 heterocycles. The van der Waals surface area contributed by atoms with Crippen molar-refractivity contribution in [3.63, 3.8) is 0 Å². The lowest BCUT2D eigenvalue weighted by Gasteiger charge is -2.07. The van der Waals surface area contributed by atoms with Gasteiger partial charge in [0, 0.05) is 6.54 Å². The zero-order valence-corrected chi connectivity index (χ0v) is 10.9. The van der Waals surface area contributed by atoms with Crippen LogP contribution in [0, 0.1) is 0 Å². The molecule has 2 rings (SSSR count). The first-order valence-electron chi connectivity index (χ1n) is 6.30. The lowest BCUT2D eigenvalue weighted by Crippen LogP contribution is -2.13. The van der Waals surface area contributed by atoms with Crippen LogP contribution in [0.3, 0.4) is 0 Å². The standard InChI is InChI=1S/C11H19N7/c1-3-5-9-11(12)15-16-18(9)7-10-13-8-14-17(10)6-4-2/h8H,3-7,12H2,1-2H3. The predicted octanol–water partition coefficient (Wildman–Crippen LogP) is 0.863. The van der Waals surface area contributed by atoms with E-state index in [2.05, 4.69) is 34.2 Å². The Labute approximate surface area is 106 Å². The van der Waals surface area contributed by atoms with E-state index in [9.17, 15) is 0 Å². The molecule has 0 saturated carbocycles. The van der Waals surface area contributed by atoms with Crippen LogP contribution in [0.25, 0.3) is 0 Å². The quantitative estimate of drug-likeness (QED) is 0.820. The molecule has 2 aromatic rings. The molecule has 7 nitrogen and oxygen atoms in total. The van der Waals surface area contributed by atoms with E-state index in [4.69, 9.17) is 5.73 Å². The van der Waals surface area contributed by atoms with Crippen molar-refractivity contribution < 1.29 is 0 Å². The van der Waals surface area contributed by atoms with Gasteiger partial charge in [-0.25, -0.2) is 14.3 Å². The highest BCUT2D eigenvalue weighted by Gasteiger charge is 2.12. The number of hydrogen-bond acceptors (Lipinski definition) is 5. The van der Waals surface area contributed by atoms with Gasteiger partial charge in [-0.05, 0) is 12.8 Å². The van der Waals surface area contributed by atoms with Gasteiger partial charge in [0.2, 0.25) is 0 Å². The van der Waals surface area contributed by atoms with Crippen molar-refractivity contribution in [2.45, 2.75) is 46.2 Å². The molecule has 98 valence electrons. The van der Waals surface area contributed by atoms with Gasteiger partial charge >= 0.3 is 0 Å². The van der Waals surface area contributed by atoms with Crippen molar-refractivity contribution in [2.75, 3.05) is 5.73 Å². The molecule has 0 bridgehead atoms. The summed E-state index contributed by atoms with van der Waals surface area (Å²) < 4.78 is 3.71. The number of nitrogens with zero attached hydrogens (tertiary/aromatic N) is 6. The van der Waals surface area contributed by atoms with E-state index in [0.29, 0.717) is 12.4 Å². The molecule has 2 aromatic heterocycles. The van der Waals surface area contributed by atoms with Gasteiger partial charge in [-0.3, -0.25) is 0 Å². The van der Waals surface area contributed by atoms with E-state index in [1.54, 1.807) is 6.33 Å². The third-order valence-electron chi connectivity index (χ3n) is 2.78. The fourth-order valence-corrected chi connectivity index (χ4v) is 1.91. The van der Waals surface area contributed by atoms with Crippen molar-refractivity contribution in [1.82, 2.24) is 29.8 Å². The first kappa shape index (κ1) is 12.5. The molecule has 0 unspecified atom stereocenters. The second-order valence-corrected chi connectivity index (χ2v) is 4.23. The predicted molar refractivity (Wildman–Crippen MR) is 67.8 cm³/mol. The number of rotatable bonds is 6. The summed E-state index contributed by atoms with van der Waals surface area (Å²) in [6.07, 6.45) is 4.49. The number of hydrogen-bond donors (Lipinski definition) is 1. The molecule has 0 radical (unpaired) electrons. The van der Waals surface area contributed by atoms with E-state index in [0.717, 1.165) is 37.3 Å². The highest BCUT2D eigenvalue weighted by Crippen LogP contribution is 2.11. The van der Waals surface area contributed by atoms with Crippen molar-refractivity contribution in [2.24, 2.45) is 0 Å². The molecule has 0 fully saturated rings. The lowest BCUT2D eigenvalue weighted by molar-refractivity contribution is 0.522. The summed E-state index contributed by atoms with van der Waals surface area (Å²) in [5.74, 6) is 1.40. The molecule has 0 aromatic carbocycles. The van der Waals surface area contributed by atoms with Crippen molar-refractivity contribution in [1.29, 1.82) is 0 Å². The van der Waals surface area contributed by atoms with Crippen LogP contribution in [0.2, 0.25) is 0 Å². The second kappa shape index (κ2) is 5.61. The molecular weight excluding hydrogens is 230 g/mol. The summed E-state index contributed by atoms with van der Waals surface area (Å²) in [5, 5.41) is 12.2. The minimum atomic E-state index is 0.512. The van der Waals surface area contributed by atoms with E-state index < -0.39 is 0 Å². The monoisotopic (exact) mass is 249 g/mol. The van der Waals surface area contributed by atoms with E-state index in [1.807, 2.05) is 9.36 Å². The number of anilines is 1. The zero-order valence-electron chi connectivity index (χ0n) is 10.9. The Morgan fingerprint density at radius 2 is 2.06 bits per heavy atom. The molecular formula is C11H19N7. The molecule has 0 aliphatic rings. The summed E-state index contributed by atoms with van der Waals surface area (Å²) in [4.78, 5) is 4.26. The molecule has 0 atom stereocenters. The maximum Gasteiger partial charge on any atom is 0.169 e. The Morgan fingerprint density at radius 1 is 1.22 bits per heavy atom. The highest BCUT2D eigenvalue weighted by molar-refractivity contribution is 5.33. The molecule has 0 aliphatic carbocycles. The van der Waals surface area contributed by atoms with Crippen LogP contribution in [-0.4, -0.2) is 29.8 Å². The van der Waals surface area contributed by atoms with Gasteiger partial charge in [-0.2, -0.15) is 5.10 Å². The van der Waals surface area contributed by atoms with Gasteiger partial charge in [-0.1, -0.05) is 25.5 Å². The molecule has 0 spiro atoms. The van der Waals surface area contributed by atoms with Gasteiger partial charge in [0.1, 0.15) is 18.7 Å². The highest BCUT2D eigenvalue weighted by atomic mass is 15.5. The van der Waals surface area contributed by atoms with Crippen LogP contribution in [-0.2, 0) is 19.5 Å². The van der Waals surface area contributed by atoms with E-state index >= 15 is 0 Å². The van der Waals surface area contributed by atoms with Gasteiger partial charge in [-0.15, -0.1) is 5.10 Å². The van der Waals surface area contributed by atoms with Crippen LogP contribution in [0.4, 0.5) is 5.82 Å². The first-order chi connectivity index (χ1) is 8.76. The van der Waals surface area contributed by atoms with Crippen LogP contribution in [0.5, 0.6) is 0 Å². The number of aryl methyl sites for hydroxylation is 1. The van der Waals surface area contributed by atoms with Crippen LogP contribution >= 0.6 is 0 Å². The Kier molecular flexibility index (Phi) is 3.91. The third kappa shape index (κ3) is 2.49. The Morgan fingerprint density at radius 3 is 2.78 bits per heavy atom. The molecule has 7 heteroatoms. The van der Waals surface area contributed by atoms with Crippen molar-refractivity contribution in [3.8, 4) is 0 Å². The van der Waals surface area contributed by atoms with Crippen molar-refractivity contribution >= 4 is 5.82 Å². The number of nitrogen functional groups attached to an aromatic ring is 1. The largest absolute Gasteiger partial charge is 0.381 e. The minimum Gasteiger partial charge on any atom is -0.381 e. The molecule has 18 heavy (non-hydrogen) atoms. The Hall–Kier alpha value is -1.92. The molecule has 0 aliphatic heterocycles. The average Bonchev–Trinajstić information content (AvgIpc) is 2.92. The molecule has 0 saturated heterocycles. The Balaban J connectivity index is 2.20. The van der Waals surface area contributed by atoms with Crippen LogP contribution in [0.1, 0.15) is 38.2 Å². The topological polar surface area (TPSA) is 87.4 Å². The van der Waals surface area contributed by atoms with Crippen LogP contribution in [0.15, 0.2) is 6.33 Å². The SMILES string of the molecule is CCCc1c(N)nnn1Cc1ncnn1CCC. The van der Waals surface area contributed by atoms with Gasteiger partial charge in [0.05, 0.1) is 5.69 Å². The maximum atomic E-state index is 5.82. The smallest absolute Gasteiger partial charge is 0.169 e. The summed E-state index contributed by atoms with van der Waals surface area (Å²) in [6, 6.07) is 0. The average molecular weight is 249 g/mol. The van der Waals surface area contributed by atoms with Gasteiger partial charge in [0.25, 0.3) is 0 Å². The Bertz CT molecular complexity index is 499. The lowest BCUT2D eigenvalue weighted by atomic mass is 10.2. The second-order valence-electron chi connectivity index (χ2n) is 4.23. The summed E-state index contributed by atoms with van der Waals surface area (Å²) in [7, 11) is 0. The maximum absolute atomic E-state index is 5.82. The van der Waals surface area contributed by atoms with E-state index in [-0.39, 0.29) is 0 Å². The summed E-state index contributed by atoms with van der Waals surface area (Å²) in [6.45, 7) is 5.65. The minimum absolute atomic E-state index is 0.512. The zero-order chi connectivity index (χ0) is 13.0. The first-order valence-corrected chi connectivity index (χ1v) is 6.30. The molecule has 2 N–H and O–H groups in total. The van der Waals surface area contributed by atoms with Gasteiger partial charge in [0.15, 0.2) is 5.82 Å². The fraction of sp³-hybridized carbons (Fsp3) is 0.636. The van der Waals surface area contributed by atoms with Crippen LogP contribution < -0.4 is 5.73 Å². The molecule has 0 amide bonds. The van der Waals surface area contributed by atoms with Crippen molar-refractivity contribution in [3.05, 3.63) is 17.8 Å². The number of aromatic nitrogens is 6. The normalized spacial score (nSPS) is 11.0.